The average molecular weight is 270 g/mol. The second kappa shape index (κ2) is 5.22. The molecule has 94 valence electrons. The third-order valence-electron chi connectivity index (χ3n) is 1.71. The fourth-order valence-electron chi connectivity index (χ4n) is 0.954. The Morgan fingerprint density at radius 3 is 2.71 bits per heavy atom. The van der Waals surface area contributed by atoms with Crippen molar-refractivity contribution in [1.82, 2.24) is 4.98 Å². The van der Waals surface area contributed by atoms with Gasteiger partial charge in [-0.2, -0.15) is 13.2 Å². The molecule has 4 nitrogen and oxygen atoms in total. The van der Waals surface area contributed by atoms with Gasteiger partial charge in [0.1, 0.15) is 5.02 Å². The van der Waals surface area contributed by atoms with Crippen molar-refractivity contribution in [1.29, 1.82) is 0 Å². The number of carboxylic acid groups (broad SMARTS) is 1. The molecule has 1 heterocycles. The van der Waals surface area contributed by atoms with E-state index in [1.54, 1.807) is 0 Å². The van der Waals surface area contributed by atoms with Gasteiger partial charge in [0, 0.05) is 6.20 Å². The number of carboxylic acids is 1. The van der Waals surface area contributed by atoms with Crippen LogP contribution in [0.3, 0.4) is 0 Å². The van der Waals surface area contributed by atoms with Crippen LogP contribution in [-0.4, -0.2) is 28.8 Å². The first-order valence-electron chi connectivity index (χ1n) is 4.38. The van der Waals surface area contributed by atoms with Crippen molar-refractivity contribution >= 4 is 17.6 Å². The van der Waals surface area contributed by atoms with Crippen LogP contribution in [-0.2, 0) is 0 Å². The SMILES string of the molecule is O=C(O)c1ccnc(OCCC(F)(F)F)c1Cl. The second-order valence-corrected chi connectivity index (χ2v) is 3.37. The van der Waals surface area contributed by atoms with Gasteiger partial charge in [0.15, 0.2) is 0 Å². The van der Waals surface area contributed by atoms with Crippen LogP contribution in [0.15, 0.2) is 12.3 Å². The van der Waals surface area contributed by atoms with Crippen LogP contribution in [0, 0.1) is 0 Å². The second-order valence-electron chi connectivity index (χ2n) is 3.00. The Morgan fingerprint density at radius 2 is 2.18 bits per heavy atom. The lowest BCUT2D eigenvalue weighted by Crippen LogP contribution is -2.14. The van der Waals surface area contributed by atoms with Gasteiger partial charge in [0.05, 0.1) is 18.6 Å². The molecule has 0 aromatic carbocycles. The molecule has 0 unspecified atom stereocenters. The highest BCUT2D eigenvalue weighted by molar-refractivity contribution is 6.34. The molecule has 0 spiro atoms. The first kappa shape index (κ1) is 13.6. The van der Waals surface area contributed by atoms with E-state index in [0.29, 0.717) is 0 Å². The van der Waals surface area contributed by atoms with Gasteiger partial charge >= 0.3 is 12.1 Å². The van der Waals surface area contributed by atoms with E-state index in [1.807, 2.05) is 0 Å². The third kappa shape index (κ3) is 4.10. The van der Waals surface area contributed by atoms with Crippen molar-refractivity contribution in [3.05, 3.63) is 22.8 Å². The minimum Gasteiger partial charge on any atom is -0.478 e. The summed E-state index contributed by atoms with van der Waals surface area (Å²) in [5.74, 6) is -1.63. The van der Waals surface area contributed by atoms with E-state index in [0.717, 1.165) is 12.3 Å². The molecule has 1 aromatic rings. The zero-order valence-electron chi connectivity index (χ0n) is 8.29. The monoisotopic (exact) mass is 269 g/mol. The number of halogens is 4. The van der Waals surface area contributed by atoms with Gasteiger partial charge in [0.25, 0.3) is 0 Å². The Kier molecular flexibility index (Phi) is 4.17. The molecule has 1 rings (SSSR count). The number of hydrogen-bond donors (Lipinski definition) is 1. The van der Waals surface area contributed by atoms with Crippen molar-refractivity contribution in [2.24, 2.45) is 0 Å². The van der Waals surface area contributed by atoms with Crippen LogP contribution >= 0.6 is 11.6 Å². The van der Waals surface area contributed by atoms with Gasteiger partial charge in [0.2, 0.25) is 5.88 Å². The summed E-state index contributed by atoms with van der Waals surface area (Å²) in [4.78, 5) is 14.2. The summed E-state index contributed by atoms with van der Waals surface area (Å²) in [5.41, 5.74) is -0.274. The molecule has 0 saturated heterocycles. The molecule has 0 amide bonds. The highest BCUT2D eigenvalue weighted by Gasteiger charge is 2.27. The summed E-state index contributed by atoms with van der Waals surface area (Å²) in [6.07, 6.45) is -4.42. The predicted molar refractivity (Wildman–Crippen MR) is 52.4 cm³/mol. The van der Waals surface area contributed by atoms with Gasteiger partial charge < -0.3 is 9.84 Å². The van der Waals surface area contributed by atoms with Crippen molar-refractivity contribution in [3.8, 4) is 5.88 Å². The number of pyridine rings is 1. The molecule has 0 saturated carbocycles. The average Bonchev–Trinajstić information content (AvgIpc) is 2.18. The molecule has 8 heteroatoms. The smallest absolute Gasteiger partial charge is 0.392 e. The van der Waals surface area contributed by atoms with E-state index in [1.165, 1.54) is 0 Å². The maximum Gasteiger partial charge on any atom is 0.392 e. The lowest BCUT2D eigenvalue weighted by molar-refractivity contribution is -0.139. The van der Waals surface area contributed by atoms with Crippen LogP contribution in [0.25, 0.3) is 0 Å². The number of aromatic carboxylic acids is 1. The lowest BCUT2D eigenvalue weighted by Gasteiger charge is -2.09. The van der Waals surface area contributed by atoms with Gasteiger partial charge in [-0.05, 0) is 6.07 Å². The molecule has 0 fully saturated rings. The molecule has 17 heavy (non-hydrogen) atoms. The molecule has 0 aliphatic rings. The Labute approximate surface area is 99.0 Å². The number of ether oxygens (including phenoxy) is 1. The number of nitrogens with zero attached hydrogens (tertiary/aromatic N) is 1. The first-order chi connectivity index (χ1) is 7.81. The van der Waals surface area contributed by atoms with E-state index in [4.69, 9.17) is 16.7 Å². The van der Waals surface area contributed by atoms with Crippen LogP contribution in [0.4, 0.5) is 13.2 Å². The maximum absolute atomic E-state index is 11.8. The van der Waals surface area contributed by atoms with Gasteiger partial charge in [-0.1, -0.05) is 11.6 Å². The molecule has 1 aromatic heterocycles. The van der Waals surface area contributed by atoms with E-state index < -0.39 is 25.2 Å². The summed E-state index contributed by atoms with van der Waals surface area (Å²) < 4.78 is 40.2. The highest BCUT2D eigenvalue weighted by Crippen LogP contribution is 2.26. The lowest BCUT2D eigenvalue weighted by atomic mass is 10.3. The minimum atomic E-state index is -4.35. The van der Waals surface area contributed by atoms with Gasteiger partial charge in [-0.3, -0.25) is 0 Å². The molecule has 1 N–H and O–H groups in total. The van der Waals surface area contributed by atoms with Crippen molar-refractivity contribution < 1.29 is 27.8 Å². The molecule has 0 aliphatic carbocycles. The molecule has 0 atom stereocenters. The third-order valence-corrected chi connectivity index (χ3v) is 2.08. The molecule has 0 bridgehead atoms. The zero-order chi connectivity index (χ0) is 13.1. The number of rotatable bonds is 4. The maximum atomic E-state index is 11.8. The Balaban J connectivity index is 2.72. The van der Waals surface area contributed by atoms with Gasteiger partial charge in [-0.25, -0.2) is 9.78 Å². The number of alkyl halides is 3. The quantitative estimate of drug-likeness (QED) is 0.913. The number of hydrogen-bond acceptors (Lipinski definition) is 3. The molecular formula is C9H7ClF3NO3. The fourth-order valence-corrected chi connectivity index (χ4v) is 1.20. The summed E-state index contributed by atoms with van der Waals surface area (Å²) in [7, 11) is 0. The Hall–Kier alpha value is -1.50. The standard InChI is InChI=1S/C9H7ClF3NO3/c10-6-5(8(15)16)1-3-14-7(6)17-4-2-9(11,12)13/h1,3H,2,4H2,(H,15,16). The van der Waals surface area contributed by atoms with Crippen LogP contribution in [0.5, 0.6) is 5.88 Å². The van der Waals surface area contributed by atoms with Crippen molar-refractivity contribution in [3.63, 3.8) is 0 Å². The zero-order valence-corrected chi connectivity index (χ0v) is 9.05. The van der Waals surface area contributed by atoms with Crippen molar-refractivity contribution in [2.75, 3.05) is 6.61 Å². The van der Waals surface area contributed by atoms with Gasteiger partial charge in [-0.15, -0.1) is 0 Å². The molecule has 0 aliphatic heterocycles. The summed E-state index contributed by atoms with van der Waals surface area (Å²) in [6.45, 7) is -0.667. The van der Waals surface area contributed by atoms with Crippen molar-refractivity contribution in [2.45, 2.75) is 12.6 Å². The van der Waals surface area contributed by atoms with E-state index in [9.17, 15) is 18.0 Å². The summed E-state index contributed by atoms with van der Waals surface area (Å²) in [6, 6.07) is 1.13. The normalized spacial score (nSPS) is 11.3. The number of aromatic nitrogens is 1. The van der Waals surface area contributed by atoms with Crippen LogP contribution in [0.1, 0.15) is 16.8 Å². The first-order valence-corrected chi connectivity index (χ1v) is 4.76. The minimum absolute atomic E-state index is 0.274. The largest absolute Gasteiger partial charge is 0.478 e. The van der Waals surface area contributed by atoms with E-state index in [-0.39, 0.29) is 16.5 Å². The Bertz CT molecular complexity index is 422. The number of carbonyl (C=O) groups is 1. The van der Waals surface area contributed by atoms with E-state index >= 15 is 0 Å². The summed E-state index contributed by atoms with van der Waals surface area (Å²) >= 11 is 5.60. The van der Waals surface area contributed by atoms with Crippen LogP contribution < -0.4 is 4.74 Å². The van der Waals surface area contributed by atoms with Crippen LogP contribution in [0.2, 0.25) is 5.02 Å². The molecular weight excluding hydrogens is 263 g/mol. The molecule has 0 radical (unpaired) electrons. The predicted octanol–water partition coefficient (Wildman–Crippen LogP) is 2.76. The highest BCUT2D eigenvalue weighted by atomic mass is 35.5. The topological polar surface area (TPSA) is 59.4 Å². The Morgan fingerprint density at radius 1 is 1.53 bits per heavy atom. The fraction of sp³-hybridized carbons (Fsp3) is 0.333. The summed E-state index contributed by atoms with van der Waals surface area (Å²) in [5, 5.41) is 8.38. The van der Waals surface area contributed by atoms with E-state index in [2.05, 4.69) is 9.72 Å².